The fraction of sp³-hybridized carbons (Fsp3) is 0.800. The van der Waals surface area contributed by atoms with Crippen LogP contribution in [0.1, 0.15) is 44.9 Å². The van der Waals surface area contributed by atoms with Gasteiger partial charge in [0, 0.05) is 18.8 Å². The van der Waals surface area contributed by atoms with E-state index in [1.54, 1.807) is 0 Å². The van der Waals surface area contributed by atoms with Crippen LogP contribution in [0, 0.1) is 5.92 Å². The van der Waals surface area contributed by atoms with Crippen LogP contribution in [0.3, 0.4) is 0 Å². The molecule has 1 aliphatic rings. The Bertz CT molecular complexity index is 168. The molecule has 1 fully saturated rings. The Kier molecular flexibility index (Phi) is 6.41. The molecule has 1 aliphatic carbocycles. The van der Waals surface area contributed by atoms with Crippen molar-refractivity contribution in [2.75, 3.05) is 0 Å². The molecule has 0 aliphatic heterocycles. The van der Waals surface area contributed by atoms with Crippen molar-refractivity contribution in [1.29, 1.82) is 0 Å². The third-order valence-electron chi connectivity index (χ3n) is 2.56. The lowest BCUT2D eigenvalue weighted by Gasteiger charge is -2.19. The van der Waals surface area contributed by atoms with E-state index in [1.807, 2.05) is 0 Å². The van der Waals surface area contributed by atoms with Crippen LogP contribution in [0.2, 0.25) is 0 Å². The van der Waals surface area contributed by atoms with E-state index in [2.05, 4.69) is 0 Å². The van der Waals surface area contributed by atoms with Gasteiger partial charge in [0.2, 0.25) is 0 Å². The van der Waals surface area contributed by atoms with Crippen molar-refractivity contribution < 1.29 is 9.59 Å². The highest BCUT2D eigenvalue weighted by Gasteiger charge is 2.20. The first kappa shape index (κ1) is 12.3. The van der Waals surface area contributed by atoms with Crippen molar-refractivity contribution in [2.24, 2.45) is 5.92 Å². The zero-order valence-corrected chi connectivity index (χ0v) is 8.13. The van der Waals surface area contributed by atoms with Gasteiger partial charge in [-0.2, -0.15) is 0 Å². The number of Topliss-reactive ketones (excluding diaryl/α,β-unsaturated/α-hetero) is 1. The van der Waals surface area contributed by atoms with E-state index < -0.39 is 0 Å². The molecule has 0 amide bonds. The zero-order valence-electron chi connectivity index (χ0n) is 8.13. The highest BCUT2D eigenvalue weighted by Crippen LogP contribution is 2.24. The molecule has 0 aromatic carbocycles. The monoisotopic (exact) mass is 185 g/mol. The minimum absolute atomic E-state index is 0. The topological polar surface area (TPSA) is 69.1 Å². The standard InChI is InChI=1S/C10H16O2.H3N/c11-8-4-3-6-9-5-1-2-7-10(9)12;/h8-9H,1-7H2;1H3. The molecule has 0 aromatic rings. The van der Waals surface area contributed by atoms with Gasteiger partial charge >= 0.3 is 0 Å². The number of hydrogen-bond donors (Lipinski definition) is 1. The third kappa shape index (κ3) is 4.18. The number of ketones is 1. The van der Waals surface area contributed by atoms with Crippen molar-refractivity contribution in [3.8, 4) is 0 Å². The molecule has 1 atom stereocenters. The summed E-state index contributed by atoms with van der Waals surface area (Å²) in [7, 11) is 0. The van der Waals surface area contributed by atoms with E-state index in [0.717, 1.165) is 38.4 Å². The molecular weight excluding hydrogens is 166 g/mol. The van der Waals surface area contributed by atoms with Crippen LogP contribution in [-0.2, 0) is 9.59 Å². The van der Waals surface area contributed by atoms with Crippen LogP contribution < -0.4 is 6.15 Å². The summed E-state index contributed by atoms with van der Waals surface area (Å²) in [5, 5.41) is 0. The van der Waals surface area contributed by atoms with E-state index in [4.69, 9.17) is 0 Å². The van der Waals surface area contributed by atoms with E-state index in [-0.39, 0.29) is 12.1 Å². The number of hydrogen-bond acceptors (Lipinski definition) is 3. The number of unbranched alkanes of at least 4 members (excludes halogenated alkanes) is 1. The second kappa shape index (κ2) is 6.78. The predicted molar refractivity (Wildman–Crippen MR) is 51.9 cm³/mol. The van der Waals surface area contributed by atoms with Crippen LogP contribution in [0.15, 0.2) is 0 Å². The van der Waals surface area contributed by atoms with Gasteiger partial charge in [-0.1, -0.05) is 6.42 Å². The van der Waals surface area contributed by atoms with Crippen molar-refractivity contribution in [3.63, 3.8) is 0 Å². The van der Waals surface area contributed by atoms with Crippen LogP contribution >= 0.6 is 0 Å². The summed E-state index contributed by atoms with van der Waals surface area (Å²) in [5.74, 6) is 0.700. The fourth-order valence-electron chi connectivity index (χ4n) is 1.81. The van der Waals surface area contributed by atoms with E-state index in [1.165, 1.54) is 6.42 Å². The molecule has 3 heteroatoms. The lowest BCUT2D eigenvalue weighted by molar-refractivity contribution is -0.125. The summed E-state index contributed by atoms with van der Waals surface area (Å²) in [5.41, 5.74) is 0. The van der Waals surface area contributed by atoms with Gasteiger partial charge in [0.1, 0.15) is 12.1 Å². The maximum absolute atomic E-state index is 11.3. The summed E-state index contributed by atoms with van der Waals surface area (Å²) < 4.78 is 0. The van der Waals surface area contributed by atoms with Crippen LogP contribution in [0.25, 0.3) is 0 Å². The summed E-state index contributed by atoms with van der Waals surface area (Å²) in [6.07, 6.45) is 7.46. The van der Waals surface area contributed by atoms with Gasteiger partial charge in [0.05, 0.1) is 0 Å². The molecule has 0 heterocycles. The van der Waals surface area contributed by atoms with Gasteiger partial charge in [0.25, 0.3) is 0 Å². The first-order valence-electron chi connectivity index (χ1n) is 4.81. The summed E-state index contributed by atoms with van der Waals surface area (Å²) in [6, 6.07) is 0. The molecule has 3 N–H and O–H groups in total. The highest BCUT2D eigenvalue weighted by molar-refractivity contribution is 5.81. The molecule has 0 radical (unpaired) electrons. The van der Waals surface area contributed by atoms with Crippen molar-refractivity contribution >= 4 is 12.1 Å². The largest absolute Gasteiger partial charge is 0.344 e. The first-order chi connectivity index (χ1) is 5.84. The highest BCUT2D eigenvalue weighted by atomic mass is 16.1. The van der Waals surface area contributed by atoms with E-state index in [9.17, 15) is 9.59 Å². The third-order valence-corrected chi connectivity index (χ3v) is 2.56. The Morgan fingerprint density at radius 1 is 1.38 bits per heavy atom. The quantitative estimate of drug-likeness (QED) is 0.539. The maximum atomic E-state index is 11.3. The lowest BCUT2D eigenvalue weighted by atomic mass is 9.85. The minimum Gasteiger partial charge on any atom is -0.344 e. The number of carbonyl (C=O) groups excluding carboxylic acids is 2. The van der Waals surface area contributed by atoms with Gasteiger partial charge in [-0.3, -0.25) is 4.79 Å². The van der Waals surface area contributed by atoms with Gasteiger partial charge in [-0.05, 0) is 25.7 Å². The van der Waals surface area contributed by atoms with E-state index >= 15 is 0 Å². The summed E-state index contributed by atoms with van der Waals surface area (Å²) in [6.45, 7) is 0. The number of carbonyl (C=O) groups is 2. The van der Waals surface area contributed by atoms with Gasteiger partial charge < -0.3 is 10.9 Å². The van der Waals surface area contributed by atoms with Crippen molar-refractivity contribution in [3.05, 3.63) is 0 Å². The number of rotatable bonds is 4. The maximum Gasteiger partial charge on any atom is 0.135 e. The summed E-state index contributed by atoms with van der Waals surface area (Å²) >= 11 is 0. The molecule has 0 spiro atoms. The average molecular weight is 185 g/mol. The minimum atomic E-state index is 0. The van der Waals surface area contributed by atoms with Gasteiger partial charge in [-0.25, -0.2) is 0 Å². The van der Waals surface area contributed by atoms with Gasteiger partial charge in [0.15, 0.2) is 0 Å². The SMILES string of the molecule is N.O=CCCCC1CCCCC1=O. The number of aldehydes is 1. The van der Waals surface area contributed by atoms with Crippen LogP contribution in [0.5, 0.6) is 0 Å². The lowest BCUT2D eigenvalue weighted by Crippen LogP contribution is -2.18. The summed E-state index contributed by atoms with van der Waals surface area (Å²) in [4.78, 5) is 21.3. The average Bonchev–Trinajstić information content (AvgIpc) is 2.09. The molecular formula is C10H19NO2. The molecule has 76 valence electrons. The Labute approximate surface area is 79.5 Å². The first-order valence-corrected chi connectivity index (χ1v) is 4.81. The molecule has 0 saturated heterocycles. The van der Waals surface area contributed by atoms with Gasteiger partial charge in [-0.15, -0.1) is 0 Å². The molecule has 0 bridgehead atoms. The second-order valence-electron chi connectivity index (χ2n) is 3.51. The Morgan fingerprint density at radius 3 is 2.77 bits per heavy atom. The molecule has 3 nitrogen and oxygen atoms in total. The zero-order chi connectivity index (χ0) is 8.81. The molecule has 1 unspecified atom stereocenters. The smallest absolute Gasteiger partial charge is 0.135 e. The van der Waals surface area contributed by atoms with Crippen LogP contribution in [0.4, 0.5) is 0 Å². The van der Waals surface area contributed by atoms with Crippen molar-refractivity contribution in [2.45, 2.75) is 44.9 Å². The Morgan fingerprint density at radius 2 is 2.15 bits per heavy atom. The second-order valence-corrected chi connectivity index (χ2v) is 3.51. The van der Waals surface area contributed by atoms with E-state index in [0.29, 0.717) is 12.2 Å². The Balaban J connectivity index is 0.00000144. The molecule has 13 heavy (non-hydrogen) atoms. The predicted octanol–water partition coefficient (Wildman–Crippen LogP) is 2.28. The Hall–Kier alpha value is -0.700. The molecule has 1 rings (SSSR count). The van der Waals surface area contributed by atoms with Crippen LogP contribution in [-0.4, -0.2) is 12.1 Å². The fourth-order valence-corrected chi connectivity index (χ4v) is 1.81. The van der Waals surface area contributed by atoms with Crippen molar-refractivity contribution in [1.82, 2.24) is 6.15 Å². The normalized spacial score (nSPS) is 22.2. The molecule has 1 saturated carbocycles. The molecule has 0 aromatic heterocycles.